The standard InChI is InChI=1S/C15H22N2O5/c1-15(2,3)22-14(20)17-11(12(18)13(19)21-4)9-6-5-7-10(16)8-9/h5-8,11-12,18H,16H2,1-4H3,(H,17,20)/t11-,12+/m0/s1. The average Bonchev–Trinajstić information content (AvgIpc) is 2.41. The fourth-order valence-corrected chi connectivity index (χ4v) is 1.79. The molecular weight excluding hydrogens is 288 g/mol. The second-order valence-electron chi connectivity index (χ2n) is 5.76. The monoisotopic (exact) mass is 310 g/mol. The van der Waals surface area contributed by atoms with Crippen molar-refractivity contribution < 1.29 is 24.2 Å². The van der Waals surface area contributed by atoms with Gasteiger partial charge in [0.15, 0.2) is 6.10 Å². The first kappa shape index (κ1) is 17.8. The molecule has 0 bridgehead atoms. The molecule has 1 aromatic rings. The maximum absolute atomic E-state index is 11.9. The number of methoxy groups -OCH3 is 1. The van der Waals surface area contributed by atoms with E-state index >= 15 is 0 Å². The Hall–Kier alpha value is -2.28. The van der Waals surface area contributed by atoms with Crippen molar-refractivity contribution in [3.05, 3.63) is 29.8 Å². The third-order valence-electron chi connectivity index (χ3n) is 2.70. The minimum atomic E-state index is -1.58. The van der Waals surface area contributed by atoms with Crippen LogP contribution in [0.5, 0.6) is 0 Å². The van der Waals surface area contributed by atoms with E-state index in [2.05, 4.69) is 10.1 Å². The van der Waals surface area contributed by atoms with Gasteiger partial charge in [0.25, 0.3) is 0 Å². The molecule has 0 fully saturated rings. The predicted molar refractivity (Wildman–Crippen MR) is 81.0 cm³/mol. The number of anilines is 1. The molecule has 0 aliphatic rings. The summed E-state index contributed by atoms with van der Waals surface area (Å²) in [6.07, 6.45) is -2.35. The van der Waals surface area contributed by atoms with E-state index in [1.165, 1.54) is 0 Å². The number of ether oxygens (including phenoxy) is 2. The second kappa shape index (κ2) is 7.13. The van der Waals surface area contributed by atoms with E-state index in [0.717, 1.165) is 7.11 Å². The highest BCUT2D eigenvalue weighted by molar-refractivity contribution is 5.77. The van der Waals surface area contributed by atoms with E-state index in [-0.39, 0.29) is 0 Å². The molecule has 0 spiro atoms. The summed E-state index contributed by atoms with van der Waals surface area (Å²) < 4.78 is 9.65. The van der Waals surface area contributed by atoms with Crippen LogP contribution in [0.25, 0.3) is 0 Å². The largest absolute Gasteiger partial charge is 0.467 e. The molecule has 0 aromatic heterocycles. The minimum absolute atomic E-state index is 0.436. The first-order chi connectivity index (χ1) is 10.1. The van der Waals surface area contributed by atoms with Gasteiger partial charge in [0.1, 0.15) is 5.60 Å². The maximum Gasteiger partial charge on any atom is 0.408 e. The van der Waals surface area contributed by atoms with Crippen LogP contribution in [-0.4, -0.2) is 36.0 Å². The molecule has 1 aromatic carbocycles. The lowest BCUT2D eigenvalue weighted by molar-refractivity contribution is -0.152. The van der Waals surface area contributed by atoms with Crippen LogP contribution < -0.4 is 11.1 Å². The summed E-state index contributed by atoms with van der Waals surface area (Å²) >= 11 is 0. The van der Waals surface area contributed by atoms with Crippen LogP contribution in [0.3, 0.4) is 0 Å². The highest BCUT2D eigenvalue weighted by Gasteiger charge is 2.31. The molecule has 4 N–H and O–H groups in total. The van der Waals surface area contributed by atoms with Crippen molar-refractivity contribution >= 4 is 17.7 Å². The smallest absolute Gasteiger partial charge is 0.408 e. The predicted octanol–water partition coefficient (Wildman–Crippen LogP) is 1.37. The average molecular weight is 310 g/mol. The number of esters is 1. The number of carbonyl (C=O) groups excluding carboxylic acids is 2. The number of nitrogens with two attached hydrogens (primary N) is 1. The van der Waals surface area contributed by atoms with Gasteiger partial charge in [-0.1, -0.05) is 12.1 Å². The fourth-order valence-electron chi connectivity index (χ4n) is 1.79. The SMILES string of the molecule is COC(=O)[C@H](O)[C@@H](NC(=O)OC(C)(C)C)c1cccc(N)c1. The number of carbonyl (C=O) groups is 2. The van der Waals surface area contributed by atoms with Crippen LogP contribution in [0, 0.1) is 0 Å². The first-order valence-electron chi connectivity index (χ1n) is 6.75. The summed E-state index contributed by atoms with van der Waals surface area (Å²) in [5.74, 6) is -0.872. The van der Waals surface area contributed by atoms with Gasteiger partial charge in [-0.05, 0) is 38.5 Å². The molecule has 0 saturated carbocycles. The molecule has 0 heterocycles. The zero-order valence-corrected chi connectivity index (χ0v) is 13.1. The number of aliphatic hydroxyl groups excluding tert-OH is 1. The normalized spacial score (nSPS) is 13.9. The van der Waals surface area contributed by atoms with Gasteiger partial charge in [0.2, 0.25) is 0 Å². The highest BCUT2D eigenvalue weighted by Crippen LogP contribution is 2.21. The van der Waals surface area contributed by atoms with E-state index in [1.807, 2.05) is 0 Å². The topological polar surface area (TPSA) is 111 Å². The molecule has 1 amide bonds. The lowest BCUT2D eigenvalue weighted by atomic mass is 10.0. The van der Waals surface area contributed by atoms with Crippen molar-refractivity contribution in [3.63, 3.8) is 0 Å². The van der Waals surface area contributed by atoms with Crippen LogP contribution in [0.1, 0.15) is 32.4 Å². The summed E-state index contributed by atoms with van der Waals surface area (Å²) in [7, 11) is 1.15. The molecule has 122 valence electrons. The number of nitrogens with one attached hydrogen (secondary N) is 1. The van der Waals surface area contributed by atoms with Crippen molar-refractivity contribution in [3.8, 4) is 0 Å². The number of aliphatic hydroxyl groups is 1. The zero-order valence-electron chi connectivity index (χ0n) is 13.1. The Morgan fingerprint density at radius 3 is 2.45 bits per heavy atom. The van der Waals surface area contributed by atoms with Crippen LogP contribution in [0.2, 0.25) is 0 Å². The molecule has 0 radical (unpaired) electrons. The number of rotatable bonds is 4. The van der Waals surface area contributed by atoms with E-state index in [0.29, 0.717) is 11.3 Å². The third kappa shape index (κ3) is 5.25. The molecule has 7 heteroatoms. The van der Waals surface area contributed by atoms with E-state index in [1.54, 1.807) is 45.0 Å². The summed E-state index contributed by atoms with van der Waals surface area (Å²) in [6, 6.07) is 5.45. The Kier molecular flexibility index (Phi) is 5.76. The number of hydrogen-bond donors (Lipinski definition) is 3. The Morgan fingerprint density at radius 1 is 1.32 bits per heavy atom. The highest BCUT2D eigenvalue weighted by atomic mass is 16.6. The quantitative estimate of drug-likeness (QED) is 0.572. The second-order valence-corrected chi connectivity index (χ2v) is 5.76. The number of amides is 1. The van der Waals surface area contributed by atoms with Gasteiger partial charge in [-0.2, -0.15) is 0 Å². The number of alkyl carbamates (subject to hydrolysis) is 1. The van der Waals surface area contributed by atoms with Crippen molar-refractivity contribution in [2.24, 2.45) is 0 Å². The third-order valence-corrected chi connectivity index (χ3v) is 2.70. The van der Waals surface area contributed by atoms with Gasteiger partial charge >= 0.3 is 12.1 Å². The Balaban J connectivity index is 3.02. The molecule has 0 aliphatic heterocycles. The summed E-state index contributed by atoms with van der Waals surface area (Å²) in [5, 5.41) is 12.5. The lowest BCUT2D eigenvalue weighted by Crippen LogP contribution is -2.43. The molecule has 7 nitrogen and oxygen atoms in total. The number of hydrogen-bond acceptors (Lipinski definition) is 6. The van der Waals surface area contributed by atoms with Crippen molar-refractivity contribution in [2.75, 3.05) is 12.8 Å². The molecule has 0 aliphatic carbocycles. The Morgan fingerprint density at radius 2 is 1.95 bits per heavy atom. The van der Waals surface area contributed by atoms with Crippen LogP contribution in [-0.2, 0) is 14.3 Å². The van der Waals surface area contributed by atoms with Crippen molar-refractivity contribution in [2.45, 2.75) is 38.5 Å². The van der Waals surface area contributed by atoms with Gasteiger partial charge in [0, 0.05) is 5.69 Å². The maximum atomic E-state index is 11.9. The van der Waals surface area contributed by atoms with Crippen LogP contribution >= 0.6 is 0 Å². The molecule has 0 saturated heterocycles. The Labute approximate surface area is 129 Å². The van der Waals surface area contributed by atoms with Gasteiger partial charge in [0.05, 0.1) is 13.2 Å². The molecule has 1 rings (SSSR count). The van der Waals surface area contributed by atoms with Crippen LogP contribution in [0.15, 0.2) is 24.3 Å². The van der Waals surface area contributed by atoms with Gasteiger partial charge in [-0.15, -0.1) is 0 Å². The minimum Gasteiger partial charge on any atom is -0.467 e. The van der Waals surface area contributed by atoms with Crippen molar-refractivity contribution in [1.82, 2.24) is 5.32 Å². The Bertz CT molecular complexity index is 539. The molecule has 2 atom stereocenters. The van der Waals surface area contributed by atoms with E-state index < -0.39 is 29.8 Å². The molecule has 22 heavy (non-hydrogen) atoms. The summed E-state index contributed by atoms with van der Waals surface area (Å²) in [5.41, 5.74) is 5.89. The van der Waals surface area contributed by atoms with Crippen LogP contribution in [0.4, 0.5) is 10.5 Å². The number of benzene rings is 1. The zero-order chi connectivity index (χ0) is 16.9. The molecular formula is C15H22N2O5. The van der Waals surface area contributed by atoms with Gasteiger partial charge < -0.3 is 25.6 Å². The van der Waals surface area contributed by atoms with Crippen molar-refractivity contribution in [1.29, 1.82) is 0 Å². The van der Waals surface area contributed by atoms with Gasteiger partial charge in [-0.25, -0.2) is 9.59 Å². The lowest BCUT2D eigenvalue weighted by Gasteiger charge is -2.26. The molecule has 0 unspecified atom stereocenters. The summed E-state index contributed by atoms with van der Waals surface area (Å²) in [4.78, 5) is 23.5. The fraction of sp³-hybridized carbons (Fsp3) is 0.467. The van der Waals surface area contributed by atoms with Gasteiger partial charge in [-0.3, -0.25) is 0 Å². The van der Waals surface area contributed by atoms with E-state index in [9.17, 15) is 14.7 Å². The van der Waals surface area contributed by atoms with E-state index in [4.69, 9.17) is 10.5 Å². The number of nitrogen functional groups attached to an aromatic ring is 1. The summed E-state index contributed by atoms with van der Waals surface area (Å²) in [6.45, 7) is 5.12. The first-order valence-corrected chi connectivity index (χ1v) is 6.75.